The van der Waals surface area contributed by atoms with E-state index in [9.17, 15) is 10.2 Å². The minimum atomic E-state index is -0.00329. The van der Waals surface area contributed by atoms with Crippen molar-refractivity contribution < 1.29 is 10.2 Å². The third-order valence-electron chi connectivity index (χ3n) is 6.33. The largest absolute Gasteiger partial charge is 0.504 e. The van der Waals surface area contributed by atoms with Crippen LogP contribution in [0.3, 0.4) is 0 Å². The maximum atomic E-state index is 10.2. The number of aryl methyl sites for hydroxylation is 1. The van der Waals surface area contributed by atoms with E-state index in [1.165, 1.54) is 103 Å². The van der Waals surface area contributed by atoms with E-state index in [1.807, 2.05) is 6.07 Å². The van der Waals surface area contributed by atoms with Crippen molar-refractivity contribution >= 4 is 5.69 Å². The molecular formula is C28H51NO2. The zero-order valence-electron chi connectivity index (χ0n) is 20.7. The number of rotatable bonds is 21. The highest BCUT2D eigenvalue weighted by atomic mass is 16.3. The van der Waals surface area contributed by atoms with E-state index >= 15 is 0 Å². The average molecular weight is 434 g/mol. The van der Waals surface area contributed by atoms with Gasteiger partial charge in [-0.1, -0.05) is 117 Å². The molecule has 0 aromatic heterocycles. The molecule has 3 nitrogen and oxygen atoms in total. The topological polar surface area (TPSA) is 52.5 Å². The second-order valence-corrected chi connectivity index (χ2v) is 9.34. The molecule has 0 saturated carbocycles. The van der Waals surface area contributed by atoms with Crippen LogP contribution in [-0.2, 0) is 6.42 Å². The van der Waals surface area contributed by atoms with Gasteiger partial charge in [0.25, 0.3) is 0 Å². The zero-order chi connectivity index (χ0) is 22.6. The molecule has 0 atom stereocenters. The summed E-state index contributed by atoms with van der Waals surface area (Å²) in [6.07, 6.45) is 24.7. The van der Waals surface area contributed by atoms with Crippen LogP contribution in [0, 0.1) is 0 Å². The molecule has 3 N–H and O–H groups in total. The standard InChI is InChI=1S/C28H51NO2/c1-3-5-7-8-9-10-11-12-13-14-15-16-17-18-19-21-25-23-26(24-27(30)28(25)31)29-22-20-6-4-2/h23-24,29-31H,3-22H2,1-2H3. The van der Waals surface area contributed by atoms with Crippen LogP contribution in [0.5, 0.6) is 11.5 Å². The molecule has 0 heterocycles. The molecule has 3 heteroatoms. The Hall–Kier alpha value is -1.38. The summed E-state index contributed by atoms with van der Waals surface area (Å²) in [7, 11) is 0. The molecule has 0 unspecified atom stereocenters. The van der Waals surface area contributed by atoms with Gasteiger partial charge in [-0.05, 0) is 30.9 Å². The zero-order valence-corrected chi connectivity index (χ0v) is 20.7. The summed E-state index contributed by atoms with van der Waals surface area (Å²) in [5.74, 6) is 0.0564. The van der Waals surface area contributed by atoms with Crippen LogP contribution in [0.25, 0.3) is 0 Å². The van der Waals surface area contributed by atoms with Gasteiger partial charge >= 0.3 is 0 Å². The van der Waals surface area contributed by atoms with Gasteiger partial charge in [-0.3, -0.25) is 0 Å². The Kier molecular flexibility index (Phi) is 17.2. The lowest BCUT2D eigenvalue weighted by Gasteiger charge is -2.12. The van der Waals surface area contributed by atoms with Crippen molar-refractivity contribution in [1.82, 2.24) is 0 Å². The SMILES string of the molecule is CCCCCCCCCCCCCCCCCc1cc(NCCCCC)cc(O)c1O. The quantitative estimate of drug-likeness (QED) is 0.103. The van der Waals surface area contributed by atoms with Gasteiger partial charge in [0.1, 0.15) is 0 Å². The van der Waals surface area contributed by atoms with E-state index in [1.54, 1.807) is 6.07 Å². The van der Waals surface area contributed by atoms with Crippen LogP contribution < -0.4 is 5.32 Å². The Balaban J connectivity index is 2.04. The second-order valence-electron chi connectivity index (χ2n) is 9.34. The lowest BCUT2D eigenvalue weighted by molar-refractivity contribution is 0.399. The summed E-state index contributed by atoms with van der Waals surface area (Å²) in [6, 6.07) is 3.64. The summed E-state index contributed by atoms with van der Waals surface area (Å²) in [5.41, 5.74) is 1.79. The van der Waals surface area contributed by atoms with Crippen molar-refractivity contribution in [1.29, 1.82) is 0 Å². The fourth-order valence-electron chi connectivity index (χ4n) is 4.27. The predicted molar refractivity (Wildman–Crippen MR) is 136 cm³/mol. The van der Waals surface area contributed by atoms with E-state index in [0.29, 0.717) is 0 Å². The third-order valence-corrected chi connectivity index (χ3v) is 6.33. The molecule has 180 valence electrons. The van der Waals surface area contributed by atoms with Crippen LogP contribution in [0.2, 0.25) is 0 Å². The number of unbranched alkanes of at least 4 members (excludes halogenated alkanes) is 16. The first-order valence-electron chi connectivity index (χ1n) is 13.5. The lowest BCUT2D eigenvalue weighted by Crippen LogP contribution is -2.02. The van der Waals surface area contributed by atoms with Gasteiger partial charge in [-0.15, -0.1) is 0 Å². The first kappa shape index (κ1) is 27.7. The van der Waals surface area contributed by atoms with Crippen molar-refractivity contribution in [3.63, 3.8) is 0 Å². The van der Waals surface area contributed by atoms with Crippen molar-refractivity contribution in [2.45, 2.75) is 136 Å². The van der Waals surface area contributed by atoms with Gasteiger partial charge in [0.15, 0.2) is 11.5 Å². The Bertz CT molecular complexity index is 544. The number of phenolic OH excluding ortho intramolecular Hbond substituents is 2. The maximum Gasteiger partial charge on any atom is 0.160 e. The number of nitrogens with one attached hydrogen (secondary N) is 1. The highest BCUT2D eigenvalue weighted by molar-refractivity contribution is 5.58. The van der Waals surface area contributed by atoms with Crippen molar-refractivity contribution in [2.24, 2.45) is 0 Å². The monoisotopic (exact) mass is 433 g/mol. The fourth-order valence-corrected chi connectivity index (χ4v) is 4.27. The lowest BCUT2D eigenvalue weighted by atomic mass is 10.0. The number of hydrogen-bond donors (Lipinski definition) is 3. The molecule has 1 aromatic carbocycles. The minimum Gasteiger partial charge on any atom is -0.504 e. The number of benzene rings is 1. The molecular weight excluding hydrogens is 382 g/mol. The Labute approximate surface area is 193 Å². The molecule has 0 spiro atoms. The first-order chi connectivity index (χ1) is 15.2. The van der Waals surface area contributed by atoms with E-state index in [-0.39, 0.29) is 11.5 Å². The van der Waals surface area contributed by atoms with Gasteiger partial charge in [-0.2, -0.15) is 0 Å². The Morgan fingerprint density at radius 3 is 1.55 bits per heavy atom. The van der Waals surface area contributed by atoms with Crippen molar-refractivity contribution in [3.05, 3.63) is 17.7 Å². The molecule has 0 aliphatic heterocycles. The van der Waals surface area contributed by atoms with E-state index in [2.05, 4.69) is 19.2 Å². The average Bonchev–Trinajstić information content (AvgIpc) is 2.77. The third kappa shape index (κ3) is 14.3. The van der Waals surface area contributed by atoms with Crippen molar-refractivity contribution in [3.8, 4) is 11.5 Å². The smallest absolute Gasteiger partial charge is 0.160 e. The molecule has 0 bridgehead atoms. The molecule has 31 heavy (non-hydrogen) atoms. The van der Waals surface area contributed by atoms with Crippen LogP contribution in [0.1, 0.15) is 135 Å². The molecule has 0 aliphatic carbocycles. The number of anilines is 1. The minimum absolute atomic E-state index is 0.00329. The predicted octanol–water partition coefficient (Wildman–Crippen LogP) is 9.11. The van der Waals surface area contributed by atoms with Gasteiger partial charge < -0.3 is 15.5 Å². The summed E-state index contributed by atoms with van der Waals surface area (Å²) in [4.78, 5) is 0. The summed E-state index contributed by atoms with van der Waals surface area (Å²) in [5, 5.41) is 23.6. The Morgan fingerprint density at radius 2 is 1.03 bits per heavy atom. The van der Waals surface area contributed by atoms with E-state index in [4.69, 9.17) is 0 Å². The Morgan fingerprint density at radius 1 is 0.581 bits per heavy atom. The fraction of sp³-hybridized carbons (Fsp3) is 0.786. The molecule has 1 rings (SSSR count). The number of aromatic hydroxyl groups is 2. The van der Waals surface area contributed by atoms with Crippen LogP contribution in [0.4, 0.5) is 5.69 Å². The summed E-state index contributed by atoms with van der Waals surface area (Å²) >= 11 is 0. The molecule has 1 aromatic rings. The van der Waals surface area contributed by atoms with Crippen LogP contribution >= 0.6 is 0 Å². The highest BCUT2D eigenvalue weighted by Crippen LogP contribution is 2.33. The van der Waals surface area contributed by atoms with Gasteiger partial charge in [-0.25, -0.2) is 0 Å². The molecule has 0 aliphatic rings. The highest BCUT2D eigenvalue weighted by Gasteiger charge is 2.09. The van der Waals surface area contributed by atoms with Gasteiger partial charge in [0, 0.05) is 18.3 Å². The summed E-state index contributed by atoms with van der Waals surface area (Å²) in [6.45, 7) is 5.39. The van der Waals surface area contributed by atoms with Crippen molar-refractivity contribution in [2.75, 3.05) is 11.9 Å². The number of phenols is 2. The number of hydrogen-bond acceptors (Lipinski definition) is 3. The molecule has 0 fully saturated rings. The van der Waals surface area contributed by atoms with Gasteiger partial charge in [0.2, 0.25) is 0 Å². The first-order valence-corrected chi connectivity index (χ1v) is 13.5. The van der Waals surface area contributed by atoms with Crippen LogP contribution in [-0.4, -0.2) is 16.8 Å². The second kappa shape index (κ2) is 19.3. The molecule has 0 radical (unpaired) electrons. The molecule has 0 amide bonds. The van der Waals surface area contributed by atoms with Gasteiger partial charge in [0.05, 0.1) is 0 Å². The normalized spacial score (nSPS) is 11.2. The molecule has 0 saturated heterocycles. The maximum absolute atomic E-state index is 10.2. The van der Waals surface area contributed by atoms with E-state index < -0.39 is 0 Å². The van der Waals surface area contributed by atoms with E-state index in [0.717, 1.165) is 37.1 Å². The van der Waals surface area contributed by atoms with Crippen LogP contribution in [0.15, 0.2) is 12.1 Å². The summed E-state index contributed by atoms with van der Waals surface area (Å²) < 4.78 is 0.